The molecule has 2 nitrogen and oxygen atoms in total. The summed E-state index contributed by atoms with van der Waals surface area (Å²) in [6.45, 7) is 2.37. The van der Waals surface area contributed by atoms with E-state index in [1.54, 1.807) is 0 Å². The molecule has 0 radical (unpaired) electrons. The van der Waals surface area contributed by atoms with E-state index in [1.165, 1.54) is 42.1 Å². The Labute approximate surface area is 102 Å². The molecule has 90 valence electrons. The van der Waals surface area contributed by atoms with Gasteiger partial charge in [0.15, 0.2) is 0 Å². The van der Waals surface area contributed by atoms with E-state index in [-0.39, 0.29) is 0 Å². The third kappa shape index (κ3) is 1.92. The van der Waals surface area contributed by atoms with E-state index in [0.717, 1.165) is 11.6 Å². The van der Waals surface area contributed by atoms with Crippen LogP contribution in [0.1, 0.15) is 44.1 Å². The van der Waals surface area contributed by atoms with Gasteiger partial charge in [-0.1, -0.05) is 19.8 Å². The van der Waals surface area contributed by atoms with Gasteiger partial charge < -0.3 is 10.7 Å². The Balaban J connectivity index is 2.01. The van der Waals surface area contributed by atoms with E-state index >= 15 is 0 Å². The number of hydrogen-bond acceptors (Lipinski definition) is 1. The third-order valence-electron chi connectivity index (χ3n) is 4.11. The summed E-state index contributed by atoms with van der Waals surface area (Å²) in [5.74, 6) is 1.58. The van der Waals surface area contributed by atoms with Crippen LogP contribution in [0.2, 0.25) is 0 Å². The van der Waals surface area contributed by atoms with Crippen molar-refractivity contribution in [2.45, 2.75) is 38.5 Å². The van der Waals surface area contributed by atoms with E-state index in [9.17, 15) is 0 Å². The van der Waals surface area contributed by atoms with Crippen LogP contribution in [-0.4, -0.2) is 4.98 Å². The Kier molecular flexibility index (Phi) is 2.58. The Morgan fingerprint density at radius 2 is 2.18 bits per heavy atom. The normalized spacial score (nSPS) is 25.2. The fraction of sp³-hybridized carbons (Fsp3) is 0.467. The van der Waals surface area contributed by atoms with Gasteiger partial charge in [-0.25, -0.2) is 0 Å². The average molecular weight is 228 g/mol. The summed E-state index contributed by atoms with van der Waals surface area (Å²) in [7, 11) is 0. The van der Waals surface area contributed by atoms with Crippen LogP contribution in [0.5, 0.6) is 0 Å². The van der Waals surface area contributed by atoms with Crippen molar-refractivity contribution < 1.29 is 0 Å². The predicted octanol–water partition coefficient (Wildman–Crippen LogP) is 4.04. The SMILES string of the molecule is CC1CCCC(c2c[nH]c3ccc(N)cc23)C1. The first kappa shape index (κ1) is 10.7. The number of nitrogen functional groups attached to an aromatic ring is 1. The molecular formula is C15H20N2. The van der Waals surface area contributed by atoms with Gasteiger partial charge in [0.05, 0.1) is 0 Å². The van der Waals surface area contributed by atoms with Crippen molar-refractivity contribution in [3.63, 3.8) is 0 Å². The average Bonchev–Trinajstić information content (AvgIpc) is 2.71. The van der Waals surface area contributed by atoms with E-state index in [1.807, 2.05) is 6.07 Å². The smallest absolute Gasteiger partial charge is 0.0458 e. The van der Waals surface area contributed by atoms with Gasteiger partial charge in [-0.3, -0.25) is 0 Å². The lowest BCUT2D eigenvalue weighted by atomic mass is 9.79. The van der Waals surface area contributed by atoms with E-state index < -0.39 is 0 Å². The predicted molar refractivity (Wildman–Crippen MR) is 73.1 cm³/mol. The molecule has 1 heterocycles. The number of nitrogens with two attached hydrogens (primary N) is 1. The standard InChI is InChI=1S/C15H20N2/c1-10-3-2-4-11(7-10)14-9-17-15-6-5-12(16)8-13(14)15/h5-6,8-11,17H,2-4,7,16H2,1H3. The zero-order chi connectivity index (χ0) is 11.8. The van der Waals surface area contributed by atoms with Gasteiger partial charge in [0.1, 0.15) is 0 Å². The zero-order valence-electron chi connectivity index (χ0n) is 10.4. The maximum atomic E-state index is 5.89. The highest BCUT2D eigenvalue weighted by molar-refractivity contribution is 5.86. The molecule has 17 heavy (non-hydrogen) atoms. The second-order valence-corrected chi connectivity index (χ2v) is 5.52. The minimum atomic E-state index is 0.717. The largest absolute Gasteiger partial charge is 0.399 e. The molecule has 0 saturated heterocycles. The molecule has 0 amide bonds. The number of fused-ring (bicyclic) bond motifs is 1. The van der Waals surface area contributed by atoms with Gasteiger partial charge in [0.25, 0.3) is 0 Å². The number of benzene rings is 1. The molecule has 2 unspecified atom stereocenters. The number of H-pyrrole nitrogens is 1. The van der Waals surface area contributed by atoms with E-state index in [2.05, 4.69) is 30.2 Å². The van der Waals surface area contributed by atoms with E-state index in [0.29, 0.717) is 5.92 Å². The molecule has 1 saturated carbocycles. The Hall–Kier alpha value is -1.44. The number of aromatic nitrogens is 1. The molecular weight excluding hydrogens is 208 g/mol. The fourth-order valence-corrected chi connectivity index (χ4v) is 3.21. The highest BCUT2D eigenvalue weighted by atomic mass is 14.7. The second kappa shape index (κ2) is 4.10. The van der Waals surface area contributed by atoms with Crippen LogP contribution in [0.4, 0.5) is 5.69 Å². The van der Waals surface area contributed by atoms with Crippen molar-refractivity contribution in [2.75, 3.05) is 5.73 Å². The molecule has 3 rings (SSSR count). The van der Waals surface area contributed by atoms with Gasteiger partial charge in [-0.05, 0) is 48.4 Å². The first-order valence-electron chi connectivity index (χ1n) is 6.60. The molecule has 0 aliphatic heterocycles. The first-order chi connectivity index (χ1) is 8.24. The third-order valence-corrected chi connectivity index (χ3v) is 4.11. The minimum Gasteiger partial charge on any atom is -0.399 e. The van der Waals surface area contributed by atoms with E-state index in [4.69, 9.17) is 5.73 Å². The molecule has 3 N–H and O–H groups in total. The van der Waals surface area contributed by atoms with Gasteiger partial charge in [0, 0.05) is 22.8 Å². The summed E-state index contributed by atoms with van der Waals surface area (Å²) >= 11 is 0. The van der Waals surface area contributed by atoms with Crippen LogP contribution in [0.15, 0.2) is 24.4 Å². The molecule has 1 aliphatic rings. The van der Waals surface area contributed by atoms with Crippen molar-refractivity contribution in [2.24, 2.45) is 5.92 Å². The van der Waals surface area contributed by atoms with Crippen LogP contribution >= 0.6 is 0 Å². The van der Waals surface area contributed by atoms with Gasteiger partial charge >= 0.3 is 0 Å². The van der Waals surface area contributed by atoms with Crippen LogP contribution in [0, 0.1) is 5.92 Å². The lowest BCUT2D eigenvalue weighted by Crippen LogP contribution is -2.11. The maximum absolute atomic E-state index is 5.89. The minimum absolute atomic E-state index is 0.717. The zero-order valence-corrected chi connectivity index (χ0v) is 10.4. The summed E-state index contributed by atoms with van der Waals surface area (Å²) in [6, 6.07) is 6.16. The van der Waals surface area contributed by atoms with Crippen LogP contribution in [-0.2, 0) is 0 Å². The van der Waals surface area contributed by atoms with Crippen molar-refractivity contribution in [3.8, 4) is 0 Å². The molecule has 0 spiro atoms. The van der Waals surface area contributed by atoms with Crippen LogP contribution < -0.4 is 5.73 Å². The summed E-state index contributed by atoms with van der Waals surface area (Å²) in [4.78, 5) is 3.37. The van der Waals surface area contributed by atoms with Crippen molar-refractivity contribution >= 4 is 16.6 Å². The number of aromatic amines is 1. The molecule has 2 aromatic rings. The Morgan fingerprint density at radius 1 is 1.29 bits per heavy atom. The molecule has 1 aliphatic carbocycles. The topological polar surface area (TPSA) is 41.8 Å². The van der Waals surface area contributed by atoms with Crippen molar-refractivity contribution in [1.29, 1.82) is 0 Å². The lowest BCUT2D eigenvalue weighted by molar-refractivity contribution is 0.345. The monoisotopic (exact) mass is 228 g/mol. The Bertz CT molecular complexity index is 527. The molecule has 1 aromatic heterocycles. The van der Waals surface area contributed by atoms with Crippen molar-refractivity contribution in [1.82, 2.24) is 4.98 Å². The fourth-order valence-electron chi connectivity index (χ4n) is 3.21. The van der Waals surface area contributed by atoms with Crippen LogP contribution in [0.3, 0.4) is 0 Å². The quantitative estimate of drug-likeness (QED) is 0.710. The summed E-state index contributed by atoms with van der Waals surface area (Å²) in [6.07, 6.45) is 7.59. The molecule has 1 fully saturated rings. The highest BCUT2D eigenvalue weighted by Gasteiger charge is 2.22. The van der Waals surface area contributed by atoms with Crippen LogP contribution in [0.25, 0.3) is 10.9 Å². The molecule has 2 atom stereocenters. The first-order valence-corrected chi connectivity index (χ1v) is 6.60. The number of hydrogen-bond donors (Lipinski definition) is 2. The Morgan fingerprint density at radius 3 is 3.00 bits per heavy atom. The van der Waals surface area contributed by atoms with Gasteiger partial charge in [-0.2, -0.15) is 0 Å². The number of anilines is 1. The number of rotatable bonds is 1. The molecule has 1 aromatic carbocycles. The maximum Gasteiger partial charge on any atom is 0.0458 e. The molecule has 2 heteroatoms. The molecule has 0 bridgehead atoms. The second-order valence-electron chi connectivity index (χ2n) is 5.52. The lowest BCUT2D eigenvalue weighted by Gasteiger charge is -2.26. The van der Waals surface area contributed by atoms with Gasteiger partial charge in [-0.15, -0.1) is 0 Å². The summed E-state index contributed by atoms with van der Waals surface area (Å²) in [5, 5.41) is 1.32. The highest BCUT2D eigenvalue weighted by Crippen LogP contribution is 2.39. The number of nitrogens with one attached hydrogen (secondary N) is 1. The summed E-state index contributed by atoms with van der Waals surface area (Å²) in [5.41, 5.74) is 9.44. The summed E-state index contributed by atoms with van der Waals surface area (Å²) < 4.78 is 0. The van der Waals surface area contributed by atoms with Gasteiger partial charge in [0.2, 0.25) is 0 Å². The van der Waals surface area contributed by atoms with Crippen molar-refractivity contribution in [3.05, 3.63) is 30.0 Å².